The first-order chi connectivity index (χ1) is 8.18. The largest absolute Gasteiger partial charge is 0.445 e. The van der Waals surface area contributed by atoms with Crippen LogP contribution < -0.4 is 4.74 Å². The molecule has 0 unspecified atom stereocenters. The van der Waals surface area contributed by atoms with Crippen molar-refractivity contribution in [3.05, 3.63) is 33.3 Å². The van der Waals surface area contributed by atoms with Crippen molar-refractivity contribution in [1.29, 1.82) is 0 Å². The molecule has 0 saturated carbocycles. The zero-order valence-corrected chi connectivity index (χ0v) is 10.5. The summed E-state index contributed by atoms with van der Waals surface area (Å²) in [4.78, 5) is 3.25. The van der Waals surface area contributed by atoms with E-state index in [2.05, 4.69) is 4.98 Å². The van der Waals surface area contributed by atoms with E-state index in [-0.39, 0.29) is 0 Å². The van der Waals surface area contributed by atoms with E-state index in [0.29, 0.717) is 20.8 Å². The standard InChI is InChI=1S/C12H4Cl3NO/c13-4-2-1-3-5-6(4)7-8(14)9(15)11-12(17-11)10(7)16-5/h1-3,16H. The Hall–Kier alpha value is -1.09. The van der Waals surface area contributed by atoms with Crippen LogP contribution in [0, 0.1) is 0 Å². The van der Waals surface area contributed by atoms with Gasteiger partial charge in [-0.1, -0.05) is 40.9 Å². The normalized spacial score (nSPS) is 12.9. The molecule has 1 aliphatic heterocycles. The second-order valence-electron chi connectivity index (χ2n) is 3.93. The molecule has 5 heteroatoms. The molecule has 0 saturated heterocycles. The lowest BCUT2D eigenvalue weighted by Crippen LogP contribution is -1.70. The molecule has 0 atom stereocenters. The number of halogens is 3. The molecule has 2 nitrogen and oxygen atoms in total. The van der Waals surface area contributed by atoms with Crippen molar-refractivity contribution >= 4 is 56.6 Å². The molecule has 0 bridgehead atoms. The molecule has 0 radical (unpaired) electrons. The minimum absolute atomic E-state index is 0.454. The van der Waals surface area contributed by atoms with Gasteiger partial charge in [-0.15, -0.1) is 0 Å². The molecule has 17 heavy (non-hydrogen) atoms. The Balaban J connectivity index is 2.37. The summed E-state index contributed by atoms with van der Waals surface area (Å²) in [5.41, 5.74) is 1.78. The Kier molecular flexibility index (Phi) is 1.76. The van der Waals surface area contributed by atoms with Crippen molar-refractivity contribution in [1.82, 2.24) is 4.98 Å². The summed E-state index contributed by atoms with van der Waals surface area (Å²) in [5, 5.41) is 3.29. The van der Waals surface area contributed by atoms with Gasteiger partial charge < -0.3 is 9.72 Å². The molecular weight excluding hydrogens is 280 g/mol. The molecule has 1 aromatic heterocycles. The smallest absolute Gasteiger partial charge is 0.195 e. The van der Waals surface area contributed by atoms with Crippen molar-refractivity contribution in [2.24, 2.45) is 0 Å². The lowest BCUT2D eigenvalue weighted by Gasteiger charge is -1.96. The minimum atomic E-state index is 0.454. The molecule has 2 aromatic carbocycles. The van der Waals surface area contributed by atoms with Crippen LogP contribution in [-0.2, 0) is 0 Å². The van der Waals surface area contributed by atoms with Crippen LogP contribution in [-0.4, -0.2) is 4.98 Å². The van der Waals surface area contributed by atoms with Gasteiger partial charge in [0.1, 0.15) is 5.02 Å². The fourth-order valence-corrected chi connectivity index (χ4v) is 2.95. The molecule has 0 amide bonds. The number of nitrogens with one attached hydrogen (secondary N) is 1. The predicted molar refractivity (Wildman–Crippen MR) is 70.9 cm³/mol. The first kappa shape index (κ1) is 9.89. The lowest BCUT2D eigenvalue weighted by atomic mass is 10.1. The summed E-state index contributed by atoms with van der Waals surface area (Å²) < 4.78 is 5.34. The highest BCUT2D eigenvalue weighted by Crippen LogP contribution is 2.59. The van der Waals surface area contributed by atoms with Gasteiger partial charge in [0.25, 0.3) is 0 Å². The Morgan fingerprint density at radius 3 is 2.59 bits per heavy atom. The number of rotatable bonds is 0. The van der Waals surface area contributed by atoms with Crippen molar-refractivity contribution in [2.75, 3.05) is 0 Å². The number of aromatic amines is 1. The van der Waals surface area contributed by atoms with Gasteiger partial charge in [0, 0.05) is 16.3 Å². The number of fused-ring (bicyclic) bond motifs is 5. The number of benzene rings is 2. The maximum Gasteiger partial charge on any atom is 0.195 e. The molecule has 84 valence electrons. The molecule has 1 aliphatic rings. The third kappa shape index (κ3) is 1.13. The van der Waals surface area contributed by atoms with Crippen LogP contribution in [0.15, 0.2) is 18.2 Å². The number of aromatic nitrogens is 1. The molecule has 2 heterocycles. The monoisotopic (exact) mass is 283 g/mol. The van der Waals surface area contributed by atoms with Crippen molar-refractivity contribution in [2.45, 2.75) is 0 Å². The highest BCUT2D eigenvalue weighted by molar-refractivity contribution is 6.50. The Labute approximate surface area is 111 Å². The third-order valence-electron chi connectivity index (χ3n) is 2.98. The van der Waals surface area contributed by atoms with Crippen LogP contribution in [0.5, 0.6) is 11.5 Å². The lowest BCUT2D eigenvalue weighted by molar-refractivity contribution is 0.652. The van der Waals surface area contributed by atoms with E-state index in [1.807, 2.05) is 18.2 Å². The maximum absolute atomic E-state index is 6.27. The summed E-state index contributed by atoms with van der Waals surface area (Å²) in [6.45, 7) is 0. The number of H-pyrrole nitrogens is 1. The average molecular weight is 285 g/mol. The van der Waals surface area contributed by atoms with Crippen LogP contribution in [0.4, 0.5) is 0 Å². The maximum atomic E-state index is 6.27. The number of ether oxygens (including phenoxy) is 1. The van der Waals surface area contributed by atoms with E-state index in [1.54, 1.807) is 0 Å². The van der Waals surface area contributed by atoms with Gasteiger partial charge in [0.2, 0.25) is 0 Å². The van der Waals surface area contributed by atoms with E-state index < -0.39 is 0 Å². The van der Waals surface area contributed by atoms with E-state index in [1.165, 1.54) is 0 Å². The molecular formula is C12H4Cl3NO. The van der Waals surface area contributed by atoms with E-state index in [9.17, 15) is 0 Å². The van der Waals surface area contributed by atoms with Gasteiger partial charge in [0.05, 0.1) is 15.6 Å². The Bertz CT molecular complexity index is 807. The second-order valence-corrected chi connectivity index (χ2v) is 5.09. The summed E-state index contributed by atoms with van der Waals surface area (Å²) in [7, 11) is 0. The van der Waals surface area contributed by atoms with Gasteiger partial charge in [0.15, 0.2) is 11.5 Å². The third-order valence-corrected chi connectivity index (χ3v) is 4.13. The Morgan fingerprint density at radius 1 is 0.941 bits per heavy atom. The highest BCUT2D eigenvalue weighted by atomic mass is 35.5. The van der Waals surface area contributed by atoms with Crippen molar-refractivity contribution in [3.63, 3.8) is 0 Å². The first-order valence-electron chi connectivity index (χ1n) is 4.97. The van der Waals surface area contributed by atoms with E-state index >= 15 is 0 Å². The van der Waals surface area contributed by atoms with Crippen molar-refractivity contribution in [3.8, 4) is 11.5 Å². The van der Waals surface area contributed by atoms with Crippen LogP contribution in [0.1, 0.15) is 0 Å². The molecule has 0 spiro atoms. The fourth-order valence-electron chi connectivity index (χ4n) is 2.19. The first-order valence-corrected chi connectivity index (χ1v) is 6.10. The molecule has 0 aliphatic carbocycles. The topological polar surface area (TPSA) is 28.3 Å². The van der Waals surface area contributed by atoms with Crippen LogP contribution in [0.25, 0.3) is 21.8 Å². The van der Waals surface area contributed by atoms with Gasteiger partial charge in [-0.2, -0.15) is 0 Å². The van der Waals surface area contributed by atoms with Crippen LogP contribution in [0.3, 0.4) is 0 Å². The zero-order chi connectivity index (χ0) is 11.7. The Morgan fingerprint density at radius 2 is 1.76 bits per heavy atom. The molecule has 4 rings (SSSR count). The van der Waals surface area contributed by atoms with E-state index in [4.69, 9.17) is 39.5 Å². The summed E-state index contributed by atoms with van der Waals surface area (Å²) in [6, 6.07) is 5.66. The van der Waals surface area contributed by atoms with Gasteiger partial charge in [-0.3, -0.25) is 0 Å². The molecule has 3 aromatic rings. The fraction of sp³-hybridized carbons (Fsp3) is 0. The van der Waals surface area contributed by atoms with E-state index in [0.717, 1.165) is 27.6 Å². The predicted octanol–water partition coefficient (Wildman–Crippen LogP) is 5.39. The highest BCUT2D eigenvalue weighted by Gasteiger charge is 2.33. The SMILES string of the molecule is Clc1c2c(c3[nH]c4cccc(Cl)c4c3c1Cl)O2. The van der Waals surface area contributed by atoms with Crippen LogP contribution >= 0.6 is 34.8 Å². The molecule has 0 fully saturated rings. The van der Waals surface area contributed by atoms with Crippen molar-refractivity contribution < 1.29 is 4.74 Å². The summed E-state index contributed by atoms with van der Waals surface area (Å²) in [6.07, 6.45) is 0. The second kappa shape index (κ2) is 3.02. The van der Waals surface area contributed by atoms with Gasteiger partial charge in [-0.05, 0) is 12.1 Å². The quantitative estimate of drug-likeness (QED) is 0.431. The van der Waals surface area contributed by atoms with Gasteiger partial charge >= 0.3 is 0 Å². The molecule has 1 N–H and O–H groups in total. The summed E-state index contributed by atoms with van der Waals surface area (Å²) >= 11 is 18.6. The van der Waals surface area contributed by atoms with Crippen LogP contribution in [0.2, 0.25) is 15.1 Å². The number of hydrogen-bond acceptors (Lipinski definition) is 1. The average Bonchev–Trinajstić information content (AvgIpc) is 3.01. The minimum Gasteiger partial charge on any atom is -0.445 e. The summed E-state index contributed by atoms with van der Waals surface area (Å²) in [5.74, 6) is 1.42. The van der Waals surface area contributed by atoms with Gasteiger partial charge in [-0.25, -0.2) is 0 Å². The zero-order valence-electron chi connectivity index (χ0n) is 8.27. The number of hydrogen-bond donors (Lipinski definition) is 1.